The van der Waals surface area contributed by atoms with Crippen LogP contribution in [0.25, 0.3) is 0 Å². The van der Waals surface area contributed by atoms with Crippen LogP contribution in [-0.4, -0.2) is 17.8 Å². The van der Waals surface area contributed by atoms with Crippen molar-refractivity contribution in [1.82, 2.24) is 0 Å². The van der Waals surface area contributed by atoms with Crippen molar-refractivity contribution in [3.05, 3.63) is 27.3 Å². The topological polar surface area (TPSA) is 17.1 Å². The van der Waals surface area contributed by atoms with Crippen molar-refractivity contribution in [1.29, 1.82) is 0 Å². The predicted molar refractivity (Wildman–Crippen MR) is 187 cm³/mol. The van der Waals surface area contributed by atoms with Gasteiger partial charge in [-0.3, -0.25) is 4.79 Å². The van der Waals surface area contributed by atoms with Gasteiger partial charge in [0.2, 0.25) is 0 Å². The Bertz CT molecular complexity index is 690. The van der Waals surface area contributed by atoms with Gasteiger partial charge >= 0.3 is 0 Å². The summed E-state index contributed by atoms with van der Waals surface area (Å²) < 4.78 is 5.73. The summed E-state index contributed by atoms with van der Waals surface area (Å²) >= 11 is 11.5. The molecule has 0 N–H and O–H groups in total. The molecule has 0 saturated heterocycles. The second kappa shape index (κ2) is 24.6. The van der Waals surface area contributed by atoms with E-state index in [0.717, 1.165) is 11.2 Å². The van der Waals surface area contributed by atoms with Gasteiger partial charge in [0.1, 0.15) is 0 Å². The van der Waals surface area contributed by atoms with Crippen LogP contribution in [0.1, 0.15) is 142 Å². The molecule has 0 aliphatic carbocycles. The van der Waals surface area contributed by atoms with Gasteiger partial charge in [-0.25, -0.2) is 0 Å². The van der Waals surface area contributed by atoms with E-state index in [-0.39, 0.29) is 0 Å². The van der Waals surface area contributed by atoms with Gasteiger partial charge < -0.3 is 0 Å². The first-order valence-electron chi connectivity index (χ1n) is 15.4. The Hall–Kier alpha value is 0.990. The first-order chi connectivity index (χ1) is 18.8. The molecule has 2 aliphatic heterocycles. The largest absolute Gasteiger partial charge is 0.297 e. The standard InChI is InChI=1S/C31H52OS6/c1-3-5-7-9-11-13-15-17-19-21-23-33-28-29(38-31(37-28)30-35-26-27(25-32)36-30)34-24-22-20-18-16-14-12-10-8-6-4-2/h25-26H,3-24H2,1-2H3. The molecule has 0 saturated carbocycles. The first-order valence-corrected chi connectivity index (χ1v) is 20.7. The smallest absolute Gasteiger partial charge is 0.157 e. The highest BCUT2D eigenvalue weighted by atomic mass is 32.3. The maximum absolute atomic E-state index is 11.2. The second-order valence-electron chi connectivity index (χ2n) is 10.3. The predicted octanol–water partition coefficient (Wildman–Crippen LogP) is 13.5. The fourth-order valence-electron chi connectivity index (χ4n) is 4.45. The second-order valence-corrected chi connectivity index (χ2v) is 17.5. The van der Waals surface area contributed by atoms with Gasteiger partial charge in [-0.15, -0.1) is 23.5 Å². The summed E-state index contributed by atoms with van der Waals surface area (Å²) in [5, 5.41) is 2.01. The molecule has 1 nitrogen and oxygen atoms in total. The van der Waals surface area contributed by atoms with Gasteiger partial charge in [0.25, 0.3) is 0 Å². The highest BCUT2D eigenvalue weighted by Gasteiger charge is 2.27. The van der Waals surface area contributed by atoms with Gasteiger partial charge in [0.15, 0.2) is 6.29 Å². The van der Waals surface area contributed by atoms with Crippen LogP contribution in [0.2, 0.25) is 0 Å². The van der Waals surface area contributed by atoms with E-state index >= 15 is 0 Å². The number of unbranched alkanes of at least 4 members (excludes halogenated alkanes) is 18. The summed E-state index contributed by atoms with van der Waals surface area (Å²) in [4.78, 5) is 12.0. The van der Waals surface area contributed by atoms with Gasteiger partial charge in [0.05, 0.1) is 21.9 Å². The normalized spacial score (nSPS) is 15.7. The SMILES string of the molecule is CCCCCCCCCCCCSC1=C(SCCCCCCCCCCCC)SC(=C2SC=C(C=O)S2)S1. The van der Waals surface area contributed by atoms with Crippen molar-refractivity contribution >= 4 is 76.9 Å². The Kier molecular flexibility index (Phi) is 22.8. The molecule has 0 fully saturated rings. The summed E-state index contributed by atoms with van der Waals surface area (Å²) in [7, 11) is 0. The molecule has 2 heterocycles. The van der Waals surface area contributed by atoms with E-state index in [1.165, 1.54) is 157 Å². The summed E-state index contributed by atoms with van der Waals surface area (Å²) in [6, 6.07) is 0. The zero-order valence-electron chi connectivity index (χ0n) is 24.1. The Balaban J connectivity index is 1.64. The fraction of sp³-hybridized carbons (Fsp3) is 0.774. The zero-order chi connectivity index (χ0) is 27.1. The van der Waals surface area contributed by atoms with Crippen LogP contribution in [0.3, 0.4) is 0 Å². The Morgan fingerprint density at radius 1 is 0.553 bits per heavy atom. The summed E-state index contributed by atoms with van der Waals surface area (Å²) in [5.74, 6) is 2.48. The van der Waals surface area contributed by atoms with Crippen molar-refractivity contribution in [2.45, 2.75) is 142 Å². The number of thioether (sulfide) groups is 6. The highest BCUT2D eigenvalue weighted by molar-refractivity contribution is 8.42. The van der Waals surface area contributed by atoms with Gasteiger partial charge in [-0.2, -0.15) is 0 Å². The van der Waals surface area contributed by atoms with E-state index in [0.29, 0.717) is 0 Å². The first kappa shape index (κ1) is 35.2. The minimum atomic E-state index is 0.852. The van der Waals surface area contributed by atoms with Gasteiger partial charge in [-0.05, 0) is 29.8 Å². The number of carbonyl (C=O) groups is 1. The molecule has 0 bridgehead atoms. The molecule has 0 unspecified atom stereocenters. The quantitative estimate of drug-likeness (QED) is 0.0726. The van der Waals surface area contributed by atoms with E-state index in [1.807, 2.05) is 28.9 Å². The maximum Gasteiger partial charge on any atom is 0.157 e. The molecular weight excluding hydrogens is 581 g/mol. The molecule has 0 amide bonds. The van der Waals surface area contributed by atoms with Crippen LogP contribution >= 0.6 is 70.6 Å². The Morgan fingerprint density at radius 2 is 0.947 bits per heavy atom. The molecule has 7 heteroatoms. The van der Waals surface area contributed by atoms with Crippen molar-refractivity contribution in [2.24, 2.45) is 0 Å². The fourth-order valence-corrected chi connectivity index (χ4v) is 12.8. The number of aldehydes is 1. The number of carbonyl (C=O) groups excluding carboxylic acids is 1. The Labute approximate surface area is 261 Å². The van der Waals surface area contributed by atoms with Crippen molar-refractivity contribution < 1.29 is 4.79 Å². The van der Waals surface area contributed by atoms with Crippen LogP contribution in [-0.2, 0) is 4.79 Å². The van der Waals surface area contributed by atoms with E-state index in [2.05, 4.69) is 37.4 Å². The third kappa shape index (κ3) is 16.4. The lowest BCUT2D eigenvalue weighted by Crippen LogP contribution is -1.85. The Morgan fingerprint density at radius 3 is 1.32 bits per heavy atom. The molecule has 2 rings (SSSR count). The van der Waals surface area contributed by atoms with Crippen LogP contribution in [0.4, 0.5) is 0 Å². The number of allylic oxidation sites excluding steroid dienone is 1. The number of hydrogen-bond donors (Lipinski definition) is 0. The van der Waals surface area contributed by atoms with E-state index in [4.69, 9.17) is 0 Å². The van der Waals surface area contributed by atoms with Crippen LogP contribution in [0.5, 0.6) is 0 Å². The van der Waals surface area contributed by atoms with Crippen LogP contribution in [0.15, 0.2) is 27.3 Å². The molecule has 0 aromatic carbocycles. The lowest BCUT2D eigenvalue weighted by atomic mass is 10.1. The average molecular weight is 633 g/mol. The maximum atomic E-state index is 11.2. The lowest BCUT2D eigenvalue weighted by molar-refractivity contribution is -0.104. The average Bonchev–Trinajstić information content (AvgIpc) is 3.57. The zero-order valence-corrected chi connectivity index (χ0v) is 29.0. The monoisotopic (exact) mass is 632 g/mol. The van der Waals surface area contributed by atoms with Crippen molar-refractivity contribution in [3.8, 4) is 0 Å². The molecule has 0 aromatic rings. The molecule has 0 atom stereocenters. The number of rotatable bonds is 25. The van der Waals surface area contributed by atoms with Crippen LogP contribution < -0.4 is 0 Å². The van der Waals surface area contributed by atoms with Gasteiger partial charge in [-0.1, -0.05) is 176 Å². The summed E-state index contributed by atoms with van der Waals surface area (Å²) in [6.45, 7) is 4.59. The minimum absolute atomic E-state index is 0.852. The van der Waals surface area contributed by atoms with Gasteiger partial charge in [0, 0.05) is 0 Å². The number of hydrogen-bond acceptors (Lipinski definition) is 7. The van der Waals surface area contributed by atoms with Crippen LogP contribution in [0, 0.1) is 0 Å². The molecule has 0 aromatic heterocycles. The summed E-state index contributed by atoms with van der Waals surface area (Å²) in [6.07, 6.45) is 29.0. The molecular formula is C31H52OS6. The third-order valence-corrected chi connectivity index (χ3v) is 15.3. The van der Waals surface area contributed by atoms with E-state index < -0.39 is 0 Å². The molecule has 0 spiro atoms. The van der Waals surface area contributed by atoms with Crippen molar-refractivity contribution in [3.63, 3.8) is 0 Å². The summed E-state index contributed by atoms with van der Waals surface area (Å²) in [5.41, 5.74) is 0. The highest BCUT2D eigenvalue weighted by Crippen LogP contribution is 2.62. The molecule has 218 valence electrons. The molecule has 0 radical (unpaired) electrons. The lowest BCUT2D eigenvalue weighted by Gasteiger charge is -2.06. The van der Waals surface area contributed by atoms with Crippen molar-refractivity contribution in [2.75, 3.05) is 11.5 Å². The van der Waals surface area contributed by atoms with E-state index in [1.54, 1.807) is 23.5 Å². The van der Waals surface area contributed by atoms with E-state index in [9.17, 15) is 4.79 Å². The molecule has 2 aliphatic rings. The molecule has 38 heavy (non-hydrogen) atoms. The minimum Gasteiger partial charge on any atom is -0.297 e. The third-order valence-electron chi connectivity index (χ3n) is 6.78.